The summed E-state index contributed by atoms with van der Waals surface area (Å²) in [6.07, 6.45) is 4.92. The molecule has 0 bridgehead atoms. The van der Waals surface area contributed by atoms with Crippen molar-refractivity contribution in [2.45, 2.75) is 39.5 Å². The summed E-state index contributed by atoms with van der Waals surface area (Å²) in [4.78, 5) is 12.3. The Morgan fingerprint density at radius 1 is 0.857 bits per heavy atom. The van der Waals surface area contributed by atoms with E-state index in [0.717, 1.165) is 23.5 Å². The second-order valence-electron chi connectivity index (χ2n) is 7.38. The maximum absolute atomic E-state index is 12.3. The van der Waals surface area contributed by atoms with Gasteiger partial charge in [0.1, 0.15) is 5.75 Å². The predicted molar refractivity (Wildman–Crippen MR) is 116 cm³/mol. The smallest absolute Gasteiger partial charge is 0.343 e. The number of hydrogen-bond donors (Lipinski definition) is 0. The molecule has 0 saturated heterocycles. The van der Waals surface area contributed by atoms with Crippen LogP contribution in [0.1, 0.15) is 49.0 Å². The maximum atomic E-state index is 12.3. The van der Waals surface area contributed by atoms with Crippen LogP contribution < -0.4 is 4.74 Å². The van der Waals surface area contributed by atoms with Crippen molar-refractivity contribution in [1.82, 2.24) is 0 Å². The fourth-order valence-corrected chi connectivity index (χ4v) is 3.18. The molecule has 0 amide bonds. The molecule has 3 aromatic rings. The van der Waals surface area contributed by atoms with Crippen LogP contribution in [-0.4, -0.2) is 5.97 Å². The average molecular weight is 373 g/mol. The number of ether oxygens (including phenoxy) is 1. The van der Waals surface area contributed by atoms with Gasteiger partial charge >= 0.3 is 5.97 Å². The summed E-state index contributed by atoms with van der Waals surface area (Å²) in [5.74, 6) is 1.03. The number of para-hydroxylation sites is 1. The van der Waals surface area contributed by atoms with E-state index in [9.17, 15) is 4.79 Å². The first kappa shape index (κ1) is 19.9. The summed E-state index contributed by atoms with van der Waals surface area (Å²) in [7, 11) is 0. The second kappa shape index (κ2) is 9.89. The van der Waals surface area contributed by atoms with Gasteiger partial charge < -0.3 is 4.74 Å². The minimum atomic E-state index is -0.339. The van der Waals surface area contributed by atoms with Crippen LogP contribution in [0, 0.1) is 5.92 Å². The van der Waals surface area contributed by atoms with Crippen molar-refractivity contribution in [3.63, 3.8) is 0 Å². The number of esters is 1. The van der Waals surface area contributed by atoms with Crippen LogP contribution in [0.3, 0.4) is 0 Å². The Bertz CT molecular complexity index is 865. The molecule has 1 unspecified atom stereocenters. The van der Waals surface area contributed by atoms with Crippen LogP contribution in [0.5, 0.6) is 5.75 Å². The maximum Gasteiger partial charge on any atom is 0.343 e. The van der Waals surface area contributed by atoms with Gasteiger partial charge in [-0.2, -0.15) is 0 Å². The van der Waals surface area contributed by atoms with Gasteiger partial charge in [-0.15, -0.1) is 0 Å². The number of aryl methyl sites for hydroxylation is 1. The summed E-state index contributed by atoms with van der Waals surface area (Å²) < 4.78 is 5.39. The van der Waals surface area contributed by atoms with Gasteiger partial charge in [-0.1, -0.05) is 81.3 Å². The second-order valence-corrected chi connectivity index (χ2v) is 7.38. The zero-order valence-corrected chi connectivity index (χ0v) is 16.7. The van der Waals surface area contributed by atoms with E-state index in [4.69, 9.17) is 4.74 Å². The Hall–Kier alpha value is -2.87. The van der Waals surface area contributed by atoms with E-state index in [-0.39, 0.29) is 5.97 Å². The quantitative estimate of drug-likeness (QED) is 0.316. The molecule has 0 spiro atoms. The predicted octanol–water partition coefficient (Wildman–Crippen LogP) is 6.94. The molecular formula is C26H28O2. The van der Waals surface area contributed by atoms with Crippen molar-refractivity contribution in [2.24, 2.45) is 5.92 Å². The standard InChI is InChI=1S/C26H28O2/c1-3-20(2)8-7-9-21-12-14-22(15-13-21)23-16-18-24(19-17-23)26(27)28-25-10-5-4-6-11-25/h4-6,10-20H,3,7-9H2,1-2H3. The van der Waals surface area contributed by atoms with Crippen molar-refractivity contribution in [3.8, 4) is 16.9 Å². The molecule has 3 rings (SSSR count). The summed E-state index contributed by atoms with van der Waals surface area (Å²) in [6, 6.07) is 25.5. The van der Waals surface area contributed by atoms with E-state index >= 15 is 0 Å². The third kappa shape index (κ3) is 5.56. The Labute approximate surface area is 168 Å². The van der Waals surface area contributed by atoms with Crippen LogP contribution in [-0.2, 0) is 6.42 Å². The lowest BCUT2D eigenvalue weighted by atomic mass is 9.97. The zero-order chi connectivity index (χ0) is 19.8. The van der Waals surface area contributed by atoms with Gasteiger partial charge in [0.05, 0.1) is 5.56 Å². The summed E-state index contributed by atoms with van der Waals surface area (Å²) in [5.41, 5.74) is 4.19. The lowest BCUT2D eigenvalue weighted by Crippen LogP contribution is -2.08. The Balaban J connectivity index is 1.59. The highest BCUT2D eigenvalue weighted by atomic mass is 16.5. The van der Waals surface area contributed by atoms with Crippen LogP contribution in [0.4, 0.5) is 0 Å². The van der Waals surface area contributed by atoms with Crippen molar-refractivity contribution >= 4 is 5.97 Å². The van der Waals surface area contributed by atoms with E-state index < -0.39 is 0 Å². The van der Waals surface area contributed by atoms with Gasteiger partial charge in [-0.3, -0.25) is 0 Å². The Morgan fingerprint density at radius 3 is 2.07 bits per heavy atom. The molecule has 0 heterocycles. The van der Waals surface area contributed by atoms with Gasteiger partial charge in [0, 0.05) is 0 Å². The lowest BCUT2D eigenvalue weighted by Gasteiger charge is -2.09. The van der Waals surface area contributed by atoms with Crippen molar-refractivity contribution in [2.75, 3.05) is 0 Å². The number of benzene rings is 3. The molecule has 0 radical (unpaired) electrons. The van der Waals surface area contributed by atoms with Gasteiger partial charge in [-0.25, -0.2) is 4.79 Å². The molecule has 0 aliphatic rings. The largest absolute Gasteiger partial charge is 0.423 e. The summed E-state index contributed by atoms with van der Waals surface area (Å²) >= 11 is 0. The van der Waals surface area contributed by atoms with Gasteiger partial charge in [0.15, 0.2) is 0 Å². The van der Waals surface area contributed by atoms with E-state index in [1.54, 1.807) is 12.1 Å². The van der Waals surface area contributed by atoms with Crippen molar-refractivity contribution in [1.29, 1.82) is 0 Å². The van der Waals surface area contributed by atoms with Crippen molar-refractivity contribution < 1.29 is 9.53 Å². The number of hydrogen-bond acceptors (Lipinski definition) is 2. The summed E-state index contributed by atoms with van der Waals surface area (Å²) in [6.45, 7) is 4.58. The summed E-state index contributed by atoms with van der Waals surface area (Å²) in [5, 5.41) is 0. The minimum absolute atomic E-state index is 0.339. The van der Waals surface area contributed by atoms with E-state index in [1.807, 2.05) is 42.5 Å². The molecule has 0 fully saturated rings. The topological polar surface area (TPSA) is 26.3 Å². The van der Waals surface area contributed by atoms with Gasteiger partial charge in [0.2, 0.25) is 0 Å². The first-order valence-corrected chi connectivity index (χ1v) is 10.1. The number of carbonyl (C=O) groups is 1. The Kier molecular flexibility index (Phi) is 7.02. The average Bonchev–Trinajstić information content (AvgIpc) is 2.75. The van der Waals surface area contributed by atoms with Crippen LogP contribution in [0.15, 0.2) is 78.9 Å². The van der Waals surface area contributed by atoms with Crippen LogP contribution >= 0.6 is 0 Å². The molecule has 144 valence electrons. The molecule has 0 saturated carbocycles. The zero-order valence-electron chi connectivity index (χ0n) is 16.7. The molecule has 3 aromatic carbocycles. The highest BCUT2D eigenvalue weighted by molar-refractivity contribution is 5.91. The molecular weight excluding hydrogens is 344 g/mol. The highest BCUT2D eigenvalue weighted by Gasteiger charge is 2.09. The Morgan fingerprint density at radius 2 is 1.46 bits per heavy atom. The van der Waals surface area contributed by atoms with Crippen LogP contribution in [0.2, 0.25) is 0 Å². The highest BCUT2D eigenvalue weighted by Crippen LogP contribution is 2.22. The van der Waals surface area contributed by atoms with Crippen LogP contribution in [0.25, 0.3) is 11.1 Å². The molecule has 1 atom stereocenters. The lowest BCUT2D eigenvalue weighted by molar-refractivity contribution is 0.0735. The van der Waals surface area contributed by atoms with E-state index in [2.05, 4.69) is 38.1 Å². The SMILES string of the molecule is CCC(C)CCCc1ccc(-c2ccc(C(=O)Oc3ccccc3)cc2)cc1. The molecule has 2 nitrogen and oxygen atoms in total. The third-order valence-electron chi connectivity index (χ3n) is 5.22. The monoisotopic (exact) mass is 372 g/mol. The first-order chi connectivity index (χ1) is 13.7. The molecule has 28 heavy (non-hydrogen) atoms. The molecule has 2 heteroatoms. The minimum Gasteiger partial charge on any atom is -0.423 e. The molecule has 0 N–H and O–H groups in total. The first-order valence-electron chi connectivity index (χ1n) is 10.1. The fourth-order valence-electron chi connectivity index (χ4n) is 3.18. The van der Waals surface area contributed by atoms with Crippen molar-refractivity contribution in [3.05, 3.63) is 90.0 Å². The fraction of sp³-hybridized carbons (Fsp3) is 0.269. The van der Waals surface area contributed by atoms with E-state index in [1.165, 1.54) is 24.8 Å². The number of rotatable bonds is 8. The van der Waals surface area contributed by atoms with Gasteiger partial charge in [-0.05, 0) is 59.7 Å². The third-order valence-corrected chi connectivity index (χ3v) is 5.22. The molecule has 0 aliphatic carbocycles. The normalized spacial score (nSPS) is 11.8. The van der Waals surface area contributed by atoms with Gasteiger partial charge in [0.25, 0.3) is 0 Å². The van der Waals surface area contributed by atoms with E-state index in [0.29, 0.717) is 11.3 Å². The number of carbonyl (C=O) groups excluding carboxylic acids is 1. The molecule has 0 aromatic heterocycles. The molecule has 0 aliphatic heterocycles.